The Morgan fingerprint density at radius 2 is 1.82 bits per heavy atom. The van der Waals surface area contributed by atoms with Crippen LogP contribution in [-0.2, 0) is 24.3 Å². The lowest BCUT2D eigenvalue weighted by atomic mass is 9.94. The molecule has 1 aromatic carbocycles. The zero-order valence-electron chi connectivity index (χ0n) is 23.0. The molecule has 2 N–H and O–H groups in total. The Balaban J connectivity index is 1.44. The van der Waals surface area contributed by atoms with E-state index in [1.807, 2.05) is 20.8 Å². The molecular weight excluding hydrogens is 544 g/mol. The molecule has 1 aliphatic heterocycles. The quantitative estimate of drug-likeness (QED) is 0.377. The van der Waals surface area contributed by atoms with Gasteiger partial charge in [0.25, 0.3) is 11.8 Å². The molecule has 2 aromatic rings. The van der Waals surface area contributed by atoms with Crippen LogP contribution in [0, 0.1) is 5.92 Å². The number of amides is 2. The SMILES string of the molecule is COC(=O)[C@H](CNC(=O)c1cc(OCCC2CCN(C(=O)OC(C)(C)C)CC2)no1)NS(=O)(=O)c1ccccc1. The molecule has 0 unspecified atom stereocenters. The Bertz CT molecular complexity index is 1250. The average Bonchev–Trinajstić information content (AvgIpc) is 3.39. The van der Waals surface area contributed by atoms with Gasteiger partial charge in [-0.05, 0) is 63.2 Å². The standard InChI is InChI=1S/C26H36N4O9S/c1-26(2,3)38-25(33)30-13-10-18(11-14-30)12-15-37-22-16-21(39-28-22)23(31)27-17-20(24(32)36-4)29-40(34,35)19-8-6-5-7-9-19/h5-9,16,18,20,29H,10-15,17H2,1-4H3,(H,27,31)/t20-/m0/s1. The van der Waals surface area contributed by atoms with Gasteiger partial charge in [-0.15, -0.1) is 0 Å². The minimum absolute atomic E-state index is 0.0409. The van der Waals surface area contributed by atoms with Crippen LogP contribution in [0.15, 0.2) is 45.8 Å². The van der Waals surface area contributed by atoms with E-state index >= 15 is 0 Å². The molecule has 2 heterocycles. The molecular formula is C26H36N4O9S. The Labute approximate surface area is 233 Å². The van der Waals surface area contributed by atoms with Crippen molar-refractivity contribution in [2.24, 2.45) is 5.92 Å². The normalized spacial score (nSPS) is 15.2. The number of hydrogen-bond acceptors (Lipinski definition) is 10. The van der Waals surface area contributed by atoms with Gasteiger partial charge in [-0.3, -0.25) is 9.59 Å². The van der Waals surface area contributed by atoms with Crippen molar-refractivity contribution in [1.82, 2.24) is 20.1 Å². The van der Waals surface area contributed by atoms with Crippen molar-refractivity contribution in [2.75, 3.05) is 33.4 Å². The van der Waals surface area contributed by atoms with Gasteiger partial charge in [0.05, 0.1) is 24.7 Å². The van der Waals surface area contributed by atoms with E-state index in [0.29, 0.717) is 25.6 Å². The first kappa shape index (κ1) is 30.9. The van der Waals surface area contributed by atoms with E-state index in [1.54, 1.807) is 23.1 Å². The largest absolute Gasteiger partial charge is 0.475 e. The third kappa shape index (κ3) is 9.23. The first-order valence-corrected chi connectivity index (χ1v) is 14.4. The summed E-state index contributed by atoms with van der Waals surface area (Å²) < 4.78 is 48.2. The summed E-state index contributed by atoms with van der Waals surface area (Å²) in [6, 6.07) is 7.42. The highest BCUT2D eigenvalue weighted by Gasteiger charge is 2.29. The van der Waals surface area contributed by atoms with Gasteiger partial charge in [0, 0.05) is 19.6 Å². The van der Waals surface area contributed by atoms with Crippen molar-refractivity contribution in [3.63, 3.8) is 0 Å². The summed E-state index contributed by atoms with van der Waals surface area (Å²) >= 11 is 0. The summed E-state index contributed by atoms with van der Waals surface area (Å²) in [4.78, 5) is 38.6. The van der Waals surface area contributed by atoms with Crippen molar-refractivity contribution < 1.29 is 41.5 Å². The third-order valence-electron chi connectivity index (χ3n) is 6.06. The molecule has 0 radical (unpaired) electrons. The number of carbonyl (C=O) groups is 3. The molecule has 0 bridgehead atoms. The Hall–Kier alpha value is -3.65. The molecule has 3 rings (SSSR count). The van der Waals surface area contributed by atoms with E-state index in [9.17, 15) is 22.8 Å². The first-order chi connectivity index (χ1) is 18.9. The second-order valence-electron chi connectivity index (χ2n) is 10.3. The molecule has 220 valence electrons. The summed E-state index contributed by atoms with van der Waals surface area (Å²) in [6.45, 7) is 6.69. The summed E-state index contributed by atoms with van der Waals surface area (Å²) in [5.74, 6) is -1.29. The monoisotopic (exact) mass is 580 g/mol. The summed E-state index contributed by atoms with van der Waals surface area (Å²) in [5, 5.41) is 6.17. The van der Waals surface area contributed by atoms with Crippen LogP contribution in [-0.4, -0.2) is 81.4 Å². The molecule has 1 fully saturated rings. The fraction of sp³-hybridized carbons (Fsp3) is 0.538. The Morgan fingerprint density at radius 3 is 2.45 bits per heavy atom. The number of aromatic nitrogens is 1. The number of nitrogens with zero attached hydrogens (tertiary/aromatic N) is 2. The predicted octanol–water partition coefficient (Wildman–Crippen LogP) is 2.34. The minimum Gasteiger partial charge on any atom is -0.475 e. The van der Waals surface area contributed by atoms with Crippen LogP contribution in [0.3, 0.4) is 0 Å². The molecule has 0 spiro atoms. The fourth-order valence-corrected chi connectivity index (χ4v) is 5.15. The number of rotatable bonds is 11. The highest BCUT2D eigenvalue weighted by Crippen LogP contribution is 2.23. The number of piperidine rings is 1. The molecule has 0 aliphatic carbocycles. The fourth-order valence-electron chi connectivity index (χ4n) is 3.95. The topological polar surface area (TPSA) is 166 Å². The lowest BCUT2D eigenvalue weighted by Crippen LogP contribution is -2.48. The molecule has 40 heavy (non-hydrogen) atoms. The Morgan fingerprint density at radius 1 is 1.15 bits per heavy atom. The number of hydrogen-bond donors (Lipinski definition) is 2. The van der Waals surface area contributed by atoms with Crippen molar-refractivity contribution in [1.29, 1.82) is 0 Å². The number of nitrogens with one attached hydrogen (secondary N) is 2. The number of likely N-dealkylation sites (tertiary alicyclic amines) is 1. The van der Waals surface area contributed by atoms with E-state index in [2.05, 4.69) is 19.9 Å². The smallest absolute Gasteiger partial charge is 0.410 e. The molecule has 1 aliphatic rings. The van der Waals surface area contributed by atoms with Gasteiger partial charge >= 0.3 is 12.1 Å². The van der Waals surface area contributed by atoms with Gasteiger partial charge in [0.2, 0.25) is 15.8 Å². The van der Waals surface area contributed by atoms with Crippen molar-refractivity contribution in [3.8, 4) is 5.88 Å². The number of sulfonamides is 1. The maximum absolute atomic E-state index is 12.6. The zero-order chi connectivity index (χ0) is 29.3. The van der Waals surface area contributed by atoms with Crippen LogP contribution in [0.5, 0.6) is 5.88 Å². The van der Waals surface area contributed by atoms with Crippen LogP contribution in [0.1, 0.15) is 50.6 Å². The van der Waals surface area contributed by atoms with Gasteiger partial charge < -0.3 is 29.0 Å². The van der Waals surface area contributed by atoms with Crippen molar-refractivity contribution >= 4 is 28.0 Å². The van der Waals surface area contributed by atoms with E-state index < -0.39 is 40.1 Å². The van der Waals surface area contributed by atoms with Crippen LogP contribution < -0.4 is 14.8 Å². The van der Waals surface area contributed by atoms with Gasteiger partial charge in [0.1, 0.15) is 11.6 Å². The molecule has 13 nitrogen and oxygen atoms in total. The van der Waals surface area contributed by atoms with E-state index in [1.165, 1.54) is 18.2 Å². The van der Waals surface area contributed by atoms with E-state index in [0.717, 1.165) is 26.4 Å². The predicted molar refractivity (Wildman–Crippen MR) is 142 cm³/mol. The van der Waals surface area contributed by atoms with Crippen LogP contribution in [0.25, 0.3) is 0 Å². The lowest BCUT2D eigenvalue weighted by molar-refractivity contribution is -0.142. The van der Waals surface area contributed by atoms with Crippen molar-refractivity contribution in [3.05, 3.63) is 42.2 Å². The van der Waals surface area contributed by atoms with Crippen LogP contribution >= 0.6 is 0 Å². The van der Waals surface area contributed by atoms with Crippen molar-refractivity contribution in [2.45, 2.75) is 56.6 Å². The third-order valence-corrected chi connectivity index (χ3v) is 7.55. The van der Waals surface area contributed by atoms with Gasteiger partial charge in [-0.2, -0.15) is 4.72 Å². The highest BCUT2D eigenvalue weighted by atomic mass is 32.2. The maximum atomic E-state index is 12.6. The molecule has 2 amide bonds. The van der Waals surface area contributed by atoms with Crippen LogP contribution in [0.4, 0.5) is 4.79 Å². The van der Waals surface area contributed by atoms with Gasteiger partial charge in [0.15, 0.2) is 0 Å². The summed E-state index contributed by atoms with van der Waals surface area (Å²) in [5.41, 5.74) is -0.530. The average molecular weight is 581 g/mol. The highest BCUT2D eigenvalue weighted by molar-refractivity contribution is 7.89. The zero-order valence-corrected chi connectivity index (χ0v) is 23.9. The number of methoxy groups -OCH3 is 1. The van der Waals surface area contributed by atoms with Gasteiger partial charge in [-0.1, -0.05) is 18.2 Å². The molecule has 14 heteroatoms. The molecule has 1 saturated heterocycles. The molecule has 0 saturated carbocycles. The number of esters is 1. The molecule has 1 aromatic heterocycles. The summed E-state index contributed by atoms with van der Waals surface area (Å²) in [7, 11) is -2.93. The van der Waals surface area contributed by atoms with E-state index in [-0.39, 0.29) is 22.6 Å². The number of ether oxygens (including phenoxy) is 3. The second kappa shape index (κ2) is 13.6. The van der Waals surface area contributed by atoms with E-state index in [4.69, 9.17) is 14.0 Å². The molecule has 1 atom stereocenters. The maximum Gasteiger partial charge on any atom is 0.410 e. The Kier molecular flexibility index (Phi) is 10.5. The second-order valence-corrected chi connectivity index (χ2v) is 12.0. The number of benzene rings is 1. The lowest BCUT2D eigenvalue weighted by Gasteiger charge is -2.33. The first-order valence-electron chi connectivity index (χ1n) is 12.9. The number of carbonyl (C=O) groups excluding carboxylic acids is 3. The van der Waals surface area contributed by atoms with Gasteiger partial charge in [-0.25, -0.2) is 13.2 Å². The minimum atomic E-state index is -4.04. The van der Waals surface area contributed by atoms with Crippen LogP contribution in [0.2, 0.25) is 0 Å². The summed E-state index contributed by atoms with van der Waals surface area (Å²) in [6.07, 6.45) is 2.08.